The molecule has 0 saturated carbocycles. The van der Waals surface area contributed by atoms with Gasteiger partial charge < -0.3 is 9.84 Å². The van der Waals surface area contributed by atoms with Crippen molar-refractivity contribution in [1.82, 2.24) is 24.5 Å². The minimum atomic E-state index is -3.98. The zero-order chi connectivity index (χ0) is 21.5. The number of aromatic nitrogens is 5. The van der Waals surface area contributed by atoms with Gasteiger partial charge in [0.2, 0.25) is 0 Å². The molecular formula is C19H20N6O4S. The quantitative estimate of drug-likeness (QED) is 0.481. The summed E-state index contributed by atoms with van der Waals surface area (Å²) in [5.74, 6) is 0.759. The summed E-state index contributed by atoms with van der Waals surface area (Å²) in [6.07, 6.45) is 5.07. The minimum absolute atomic E-state index is 0.0482. The molecule has 0 radical (unpaired) electrons. The lowest BCUT2D eigenvalue weighted by molar-refractivity contribution is 0.199. The molecule has 156 valence electrons. The molecule has 0 aliphatic rings. The second-order valence-corrected chi connectivity index (χ2v) is 8.38. The molecule has 2 N–H and O–H groups in total. The molecule has 1 aromatic carbocycles. The third kappa shape index (κ3) is 3.48. The summed E-state index contributed by atoms with van der Waals surface area (Å²) in [4.78, 5) is 4.14. The van der Waals surface area contributed by atoms with Crippen molar-refractivity contribution >= 4 is 26.6 Å². The van der Waals surface area contributed by atoms with E-state index in [-0.39, 0.29) is 10.6 Å². The number of fused-ring (bicyclic) bond motifs is 1. The average Bonchev–Trinajstić information content (AvgIpc) is 3.36. The van der Waals surface area contributed by atoms with Gasteiger partial charge in [-0.05, 0) is 36.8 Å². The Balaban J connectivity index is 1.72. The minimum Gasteiger partial charge on any atom is -0.494 e. The Kier molecular flexibility index (Phi) is 4.92. The smallest absolute Gasteiger partial charge is 0.265 e. The first-order valence-corrected chi connectivity index (χ1v) is 10.5. The summed E-state index contributed by atoms with van der Waals surface area (Å²) < 4.78 is 37.0. The lowest BCUT2D eigenvalue weighted by atomic mass is 10.2. The van der Waals surface area contributed by atoms with Gasteiger partial charge >= 0.3 is 0 Å². The standard InChI is InChI=1S/C19H20N6O4S/c1-12(26)13-6-7-20-17(8-13)25-11-15(10-22-25)30(27,28)23-18-16(29-3)5-4-14-9-21-24(2)19(14)18/h4-12,23,26H,1-3H3/t12-/m1/s1. The molecule has 0 aliphatic heterocycles. The van der Waals surface area contributed by atoms with Crippen LogP contribution in [0.5, 0.6) is 5.75 Å². The normalized spacial score (nSPS) is 12.8. The molecule has 0 saturated heterocycles. The van der Waals surface area contributed by atoms with E-state index in [0.29, 0.717) is 22.6 Å². The van der Waals surface area contributed by atoms with Crippen LogP contribution in [-0.2, 0) is 17.1 Å². The highest BCUT2D eigenvalue weighted by Crippen LogP contribution is 2.34. The SMILES string of the molecule is COc1ccc2cnn(C)c2c1NS(=O)(=O)c1cnn(-c2cc([C@@H](C)O)ccn2)c1. The highest BCUT2D eigenvalue weighted by Gasteiger charge is 2.22. The first kappa shape index (κ1) is 19.9. The molecule has 0 spiro atoms. The zero-order valence-corrected chi connectivity index (χ0v) is 17.3. The largest absolute Gasteiger partial charge is 0.494 e. The number of nitrogens with one attached hydrogen (secondary N) is 1. The van der Waals surface area contributed by atoms with Gasteiger partial charge in [0, 0.05) is 18.6 Å². The maximum absolute atomic E-state index is 13.1. The van der Waals surface area contributed by atoms with Crippen LogP contribution >= 0.6 is 0 Å². The van der Waals surface area contributed by atoms with Gasteiger partial charge in [-0.25, -0.2) is 18.1 Å². The molecule has 4 rings (SSSR count). The third-order valence-corrected chi connectivity index (χ3v) is 5.98. The van der Waals surface area contributed by atoms with Gasteiger partial charge in [-0.2, -0.15) is 10.2 Å². The van der Waals surface area contributed by atoms with Crippen molar-refractivity contribution in [1.29, 1.82) is 0 Å². The number of sulfonamides is 1. The Bertz CT molecular complexity index is 1330. The monoisotopic (exact) mass is 428 g/mol. The van der Waals surface area contributed by atoms with E-state index in [0.717, 1.165) is 5.39 Å². The van der Waals surface area contributed by atoms with Crippen LogP contribution in [0.25, 0.3) is 16.7 Å². The van der Waals surface area contributed by atoms with Crippen molar-refractivity contribution in [3.8, 4) is 11.6 Å². The number of pyridine rings is 1. The molecule has 0 fully saturated rings. The van der Waals surface area contributed by atoms with Crippen LogP contribution in [-0.4, -0.2) is 45.2 Å². The summed E-state index contributed by atoms with van der Waals surface area (Å²) in [5.41, 5.74) is 1.53. The van der Waals surface area contributed by atoms with Crippen LogP contribution in [0.4, 0.5) is 5.69 Å². The van der Waals surface area contributed by atoms with Crippen LogP contribution in [0.2, 0.25) is 0 Å². The maximum atomic E-state index is 13.1. The number of nitrogens with zero attached hydrogens (tertiary/aromatic N) is 5. The predicted octanol–water partition coefficient (Wildman–Crippen LogP) is 2.02. The number of aliphatic hydroxyl groups excluding tert-OH is 1. The van der Waals surface area contributed by atoms with Crippen molar-refractivity contribution in [2.75, 3.05) is 11.8 Å². The molecule has 0 unspecified atom stereocenters. The highest BCUT2D eigenvalue weighted by atomic mass is 32.2. The van der Waals surface area contributed by atoms with E-state index < -0.39 is 16.1 Å². The number of hydrogen-bond acceptors (Lipinski definition) is 7. The molecule has 0 aliphatic carbocycles. The van der Waals surface area contributed by atoms with Gasteiger partial charge in [-0.15, -0.1) is 0 Å². The lowest BCUT2D eigenvalue weighted by Gasteiger charge is -2.13. The molecule has 0 bridgehead atoms. The number of ether oxygens (including phenoxy) is 1. The van der Waals surface area contributed by atoms with Gasteiger partial charge in [-0.1, -0.05) is 0 Å². The summed E-state index contributed by atoms with van der Waals surface area (Å²) in [7, 11) is -0.790. The van der Waals surface area contributed by atoms with Gasteiger partial charge in [-0.3, -0.25) is 9.40 Å². The molecule has 0 amide bonds. The first-order valence-electron chi connectivity index (χ1n) is 9.01. The van der Waals surface area contributed by atoms with Crippen molar-refractivity contribution in [2.45, 2.75) is 17.9 Å². The summed E-state index contributed by atoms with van der Waals surface area (Å²) in [6.45, 7) is 1.63. The van der Waals surface area contributed by atoms with E-state index in [4.69, 9.17) is 4.74 Å². The van der Waals surface area contributed by atoms with Gasteiger partial charge in [0.15, 0.2) is 5.82 Å². The number of aryl methyl sites for hydroxylation is 1. The molecule has 4 aromatic rings. The molecular weight excluding hydrogens is 408 g/mol. The summed E-state index contributed by atoms with van der Waals surface area (Å²) in [5, 5.41) is 18.8. The number of methoxy groups -OCH3 is 1. The number of aliphatic hydroxyl groups is 1. The van der Waals surface area contributed by atoms with E-state index >= 15 is 0 Å². The lowest BCUT2D eigenvalue weighted by Crippen LogP contribution is -2.14. The van der Waals surface area contributed by atoms with Crippen molar-refractivity contribution in [2.24, 2.45) is 7.05 Å². The van der Waals surface area contributed by atoms with Crippen LogP contribution in [0, 0.1) is 0 Å². The molecule has 1 atom stereocenters. The van der Waals surface area contributed by atoms with Crippen molar-refractivity contribution < 1.29 is 18.3 Å². The Morgan fingerprint density at radius 1 is 1.20 bits per heavy atom. The predicted molar refractivity (Wildman–Crippen MR) is 110 cm³/mol. The fourth-order valence-electron chi connectivity index (χ4n) is 3.10. The molecule has 3 aromatic heterocycles. The number of benzene rings is 1. The Labute approximate surface area is 172 Å². The van der Waals surface area contributed by atoms with Crippen LogP contribution in [0.3, 0.4) is 0 Å². The average molecular weight is 428 g/mol. The van der Waals surface area contributed by atoms with Crippen molar-refractivity contribution in [3.63, 3.8) is 0 Å². The van der Waals surface area contributed by atoms with E-state index in [1.807, 2.05) is 0 Å². The summed E-state index contributed by atoms with van der Waals surface area (Å²) >= 11 is 0. The van der Waals surface area contributed by atoms with Crippen LogP contribution in [0.1, 0.15) is 18.6 Å². The second-order valence-electron chi connectivity index (χ2n) is 6.70. The van der Waals surface area contributed by atoms with Crippen LogP contribution in [0.15, 0.2) is 53.9 Å². The third-order valence-electron chi connectivity index (χ3n) is 4.68. The van der Waals surface area contributed by atoms with E-state index in [9.17, 15) is 13.5 Å². The van der Waals surface area contributed by atoms with E-state index in [1.165, 1.54) is 30.4 Å². The topological polar surface area (TPSA) is 124 Å². The van der Waals surface area contributed by atoms with E-state index in [1.54, 1.807) is 49.1 Å². The Hall–Kier alpha value is -3.44. The summed E-state index contributed by atoms with van der Waals surface area (Å²) in [6, 6.07) is 6.80. The Morgan fingerprint density at radius 2 is 2.00 bits per heavy atom. The number of hydrogen-bond donors (Lipinski definition) is 2. The fraction of sp³-hybridized carbons (Fsp3) is 0.211. The fourth-order valence-corrected chi connectivity index (χ4v) is 4.11. The van der Waals surface area contributed by atoms with Crippen molar-refractivity contribution in [3.05, 3.63) is 54.6 Å². The second kappa shape index (κ2) is 7.43. The molecule has 30 heavy (non-hydrogen) atoms. The highest BCUT2D eigenvalue weighted by molar-refractivity contribution is 7.92. The Morgan fingerprint density at radius 3 is 2.73 bits per heavy atom. The number of anilines is 1. The number of rotatable bonds is 6. The maximum Gasteiger partial charge on any atom is 0.265 e. The van der Waals surface area contributed by atoms with Crippen LogP contribution < -0.4 is 9.46 Å². The first-order chi connectivity index (χ1) is 14.3. The van der Waals surface area contributed by atoms with Gasteiger partial charge in [0.25, 0.3) is 10.0 Å². The molecule has 11 heteroatoms. The van der Waals surface area contributed by atoms with Gasteiger partial charge in [0.05, 0.1) is 37.3 Å². The van der Waals surface area contributed by atoms with E-state index in [2.05, 4.69) is 19.9 Å². The molecule has 3 heterocycles. The zero-order valence-electron chi connectivity index (χ0n) is 16.5. The molecule has 10 nitrogen and oxygen atoms in total. The van der Waals surface area contributed by atoms with Gasteiger partial charge in [0.1, 0.15) is 16.3 Å².